The van der Waals surface area contributed by atoms with Gasteiger partial charge in [-0.15, -0.1) is 12.4 Å². The molecule has 0 radical (unpaired) electrons. The van der Waals surface area contributed by atoms with E-state index in [0.29, 0.717) is 5.56 Å². The molecular formula is C13H9ClN4S. The molecule has 0 aliphatic carbocycles. The molecule has 19 heavy (non-hydrogen) atoms. The maximum absolute atomic E-state index is 8.84. The van der Waals surface area contributed by atoms with Crippen molar-refractivity contribution in [3.8, 4) is 6.07 Å². The zero-order valence-electron chi connectivity index (χ0n) is 9.70. The Morgan fingerprint density at radius 1 is 1.21 bits per heavy atom. The Morgan fingerprint density at radius 3 is 2.89 bits per heavy atom. The molecule has 0 spiro atoms. The maximum Gasteiger partial charge on any atom is 0.189 e. The van der Waals surface area contributed by atoms with Crippen LogP contribution in [0.5, 0.6) is 0 Å². The fourth-order valence-corrected chi connectivity index (χ4v) is 2.44. The molecule has 0 saturated heterocycles. The zero-order chi connectivity index (χ0) is 12.4. The van der Waals surface area contributed by atoms with Gasteiger partial charge in [-0.2, -0.15) is 5.26 Å². The molecule has 4 nitrogen and oxygen atoms in total. The molecular weight excluding hydrogens is 280 g/mol. The van der Waals surface area contributed by atoms with Gasteiger partial charge in [0.25, 0.3) is 0 Å². The van der Waals surface area contributed by atoms with Crippen molar-refractivity contribution < 1.29 is 0 Å². The highest BCUT2D eigenvalue weighted by molar-refractivity contribution is 7.21. The van der Waals surface area contributed by atoms with Crippen LogP contribution in [0.15, 0.2) is 42.6 Å². The molecule has 0 fully saturated rings. The summed E-state index contributed by atoms with van der Waals surface area (Å²) >= 11 is 1.49. The van der Waals surface area contributed by atoms with E-state index in [-0.39, 0.29) is 12.4 Å². The minimum absolute atomic E-state index is 0. The number of fused-ring (bicyclic) bond motifs is 1. The van der Waals surface area contributed by atoms with Crippen LogP contribution in [0.3, 0.4) is 0 Å². The summed E-state index contributed by atoms with van der Waals surface area (Å²) in [6.45, 7) is 0. The third-order valence-corrected chi connectivity index (χ3v) is 3.30. The van der Waals surface area contributed by atoms with Crippen molar-refractivity contribution in [1.29, 1.82) is 5.26 Å². The molecule has 3 aromatic rings. The van der Waals surface area contributed by atoms with Crippen LogP contribution >= 0.6 is 23.7 Å². The summed E-state index contributed by atoms with van der Waals surface area (Å²) in [5.74, 6) is 0. The van der Waals surface area contributed by atoms with E-state index in [2.05, 4.69) is 21.4 Å². The third kappa shape index (κ3) is 2.81. The van der Waals surface area contributed by atoms with Crippen molar-refractivity contribution in [3.63, 3.8) is 0 Å². The Balaban J connectivity index is 0.00000133. The molecule has 2 heterocycles. The lowest BCUT2D eigenvalue weighted by atomic mass is 10.2. The molecule has 0 amide bonds. The highest BCUT2D eigenvalue weighted by Gasteiger charge is 2.04. The summed E-state index contributed by atoms with van der Waals surface area (Å²) in [5.41, 5.74) is 2.36. The standard InChI is InChI=1S/C13H8N4S.ClH/c14-8-9-3-1-4-10(7-9)16-13-17-11-5-2-6-15-12(11)18-13;/h1-7H,(H,16,17);1H. The third-order valence-electron chi connectivity index (χ3n) is 2.41. The van der Waals surface area contributed by atoms with Gasteiger partial charge in [0.1, 0.15) is 10.3 Å². The zero-order valence-corrected chi connectivity index (χ0v) is 11.3. The van der Waals surface area contributed by atoms with E-state index in [1.165, 1.54) is 11.3 Å². The average molecular weight is 289 g/mol. The first-order chi connectivity index (χ1) is 8.85. The van der Waals surface area contributed by atoms with Gasteiger partial charge in [-0.3, -0.25) is 0 Å². The van der Waals surface area contributed by atoms with Gasteiger partial charge in [0.05, 0.1) is 11.6 Å². The van der Waals surface area contributed by atoms with Crippen molar-refractivity contribution in [2.75, 3.05) is 5.32 Å². The molecule has 2 aromatic heterocycles. The minimum Gasteiger partial charge on any atom is -0.331 e. The Morgan fingerprint density at radius 2 is 2.11 bits per heavy atom. The van der Waals surface area contributed by atoms with Crippen LogP contribution in [-0.4, -0.2) is 9.97 Å². The predicted octanol–water partition coefficient (Wildman–Crippen LogP) is 3.73. The van der Waals surface area contributed by atoms with Gasteiger partial charge >= 0.3 is 0 Å². The fraction of sp³-hybridized carbons (Fsp3) is 0. The van der Waals surface area contributed by atoms with E-state index >= 15 is 0 Å². The number of nitrogens with one attached hydrogen (secondary N) is 1. The maximum atomic E-state index is 8.84. The first-order valence-corrected chi connectivity index (χ1v) is 6.15. The number of hydrogen-bond acceptors (Lipinski definition) is 5. The molecule has 0 aliphatic heterocycles. The second kappa shape index (κ2) is 5.65. The van der Waals surface area contributed by atoms with Crippen molar-refractivity contribution in [1.82, 2.24) is 9.97 Å². The molecule has 0 atom stereocenters. The van der Waals surface area contributed by atoms with Gasteiger partial charge in [0.2, 0.25) is 0 Å². The number of rotatable bonds is 2. The van der Waals surface area contributed by atoms with Gasteiger partial charge in [-0.1, -0.05) is 17.4 Å². The smallest absolute Gasteiger partial charge is 0.189 e. The molecule has 3 rings (SSSR count). The Kier molecular flexibility index (Phi) is 3.95. The number of hydrogen-bond donors (Lipinski definition) is 1. The van der Waals surface area contributed by atoms with Crippen LogP contribution in [0.1, 0.15) is 5.56 Å². The summed E-state index contributed by atoms with van der Waals surface area (Å²) in [4.78, 5) is 9.57. The number of halogens is 1. The van der Waals surface area contributed by atoms with E-state index in [1.54, 1.807) is 18.3 Å². The van der Waals surface area contributed by atoms with E-state index in [1.807, 2.05) is 24.3 Å². The highest BCUT2D eigenvalue weighted by Crippen LogP contribution is 2.26. The summed E-state index contributed by atoms with van der Waals surface area (Å²) in [7, 11) is 0. The lowest BCUT2D eigenvalue weighted by Crippen LogP contribution is -1.89. The fourth-order valence-electron chi connectivity index (χ4n) is 1.61. The van der Waals surface area contributed by atoms with Gasteiger partial charge in [0.15, 0.2) is 5.13 Å². The Bertz CT molecular complexity index is 714. The second-order valence-electron chi connectivity index (χ2n) is 3.66. The van der Waals surface area contributed by atoms with E-state index < -0.39 is 0 Å². The van der Waals surface area contributed by atoms with E-state index in [9.17, 15) is 0 Å². The van der Waals surface area contributed by atoms with Crippen molar-refractivity contribution in [3.05, 3.63) is 48.2 Å². The Labute approximate surface area is 120 Å². The lowest BCUT2D eigenvalue weighted by Gasteiger charge is -2.01. The number of aromatic nitrogens is 2. The van der Waals surface area contributed by atoms with Crippen LogP contribution in [0.4, 0.5) is 10.8 Å². The average Bonchev–Trinajstić information content (AvgIpc) is 2.81. The lowest BCUT2D eigenvalue weighted by molar-refractivity contribution is 1.39. The number of pyridine rings is 1. The molecule has 0 saturated carbocycles. The van der Waals surface area contributed by atoms with Gasteiger partial charge in [-0.25, -0.2) is 9.97 Å². The highest BCUT2D eigenvalue weighted by atomic mass is 35.5. The van der Waals surface area contributed by atoms with Crippen molar-refractivity contribution in [2.45, 2.75) is 0 Å². The van der Waals surface area contributed by atoms with E-state index in [4.69, 9.17) is 5.26 Å². The summed E-state index contributed by atoms with van der Waals surface area (Å²) in [6.07, 6.45) is 1.75. The van der Waals surface area contributed by atoms with Crippen molar-refractivity contribution >= 4 is 44.9 Å². The largest absolute Gasteiger partial charge is 0.331 e. The summed E-state index contributed by atoms with van der Waals surface area (Å²) in [5, 5.41) is 12.8. The number of thiazole rings is 1. The van der Waals surface area contributed by atoms with E-state index in [0.717, 1.165) is 21.2 Å². The monoisotopic (exact) mass is 288 g/mol. The summed E-state index contributed by atoms with van der Waals surface area (Å²) in [6, 6.07) is 13.2. The van der Waals surface area contributed by atoms with Gasteiger partial charge in [-0.05, 0) is 30.3 Å². The number of nitrogens with zero attached hydrogens (tertiary/aromatic N) is 3. The second-order valence-corrected chi connectivity index (χ2v) is 4.64. The molecule has 94 valence electrons. The number of benzene rings is 1. The predicted molar refractivity (Wildman–Crippen MR) is 79.1 cm³/mol. The molecule has 1 N–H and O–H groups in total. The molecule has 0 aliphatic rings. The SMILES string of the molecule is Cl.N#Cc1cccc(Nc2nc3cccnc3s2)c1. The van der Waals surface area contributed by atoms with Crippen LogP contribution < -0.4 is 5.32 Å². The van der Waals surface area contributed by atoms with Crippen LogP contribution in [0.25, 0.3) is 10.3 Å². The topological polar surface area (TPSA) is 61.6 Å². The Hall–Kier alpha value is -2.16. The van der Waals surface area contributed by atoms with Crippen molar-refractivity contribution in [2.24, 2.45) is 0 Å². The number of nitriles is 1. The van der Waals surface area contributed by atoms with Gasteiger partial charge < -0.3 is 5.32 Å². The van der Waals surface area contributed by atoms with Crippen LogP contribution in [0.2, 0.25) is 0 Å². The number of anilines is 2. The van der Waals surface area contributed by atoms with Gasteiger partial charge in [0, 0.05) is 11.9 Å². The minimum atomic E-state index is 0. The molecule has 1 aromatic carbocycles. The van der Waals surface area contributed by atoms with Crippen LogP contribution in [0, 0.1) is 11.3 Å². The molecule has 6 heteroatoms. The normalized spacial score (nSPS) is 9.63. The first kappa shape index (κ1) is 13.3. The molecule has 0 unspecified atom stereocenters. The quantitative estimate of drug-likeness (QED) is 0.780. The summed E-state index contributed by atoms with van der Waals surface area (Å²) < 4.78 is 0. The van der Waals surface area contributed by atoms with Crippen LogP contribution in [-0.2, 0) is 0 Å². The molecule has 0 bridgehead atoms. The first-order valence-electron chi connectivity index (χ1n) is 5.34.